The summed E-state index contributed by atoms with van der Waals surface area (Å²) < 4.78 is 0. The molecule has 0 saturated heterocycles. The predicted molar refractivity (Wildman–Crippen MR) is 76.5 cm³/mol. The third kappa shape index (κ3) is 5.36. The number of aromatic carboxylic acids is 1. The maximum atomic E-state index is 12.0. The van der Waals surface area contributed by atoms with Gasteiger partial charge in [0.25, 0.3) is 0 Å². The van der Waals surface area contributed by atoms with Crippen molar-refractivity contribution in [2.75, 3.05) is 5.32 Å². The zero-order valence-electron chi connectivity index (χ0n) is 11.8. The van der Waals surface area contributed by atoms with Crippen molar-refractivity contribution in [1.29, 1.82) is 0 Å². The minimum Gasteiger partial charge on any atom is -0.478 e. The Morgan fingerprint density at radius 1 is 1.35 bits per heavy atom. The number of nitrogens with two attached hydrogens (primary N) is 1. The van der Waals surface area contributed by atoms with Crippen molar-refractivity contribution in [1.82, 2.24) is 4.98 Å². The van der Waals surface area contributed by atoms with Gasteiger partial charge in [-0.2, -0.15) is 0 Å². The Morgan fingerprint density at radius 2 is 2.05 bits per heavy atom. The van der Waals surface area contributed by atoms with Gasteiger partial charge in [0.15, 0.2) is 0 Å². The summed E-state index contributed by atoms with van der Waals surface area (Å²) in [5.41, 5.74) is 6.10. The summed E-state index contributed by atoms with van der Waals surface area (Å²) in [4.78, 5) is 26.6. The third-order valence-corrected chi connectivity index (χ3v) is 3.00. The van der Waals surface area contributed by atoms with Crippen molar-refractivity contribution in [3.05, 3.63) is 24.0 Å². The molecule has 2 unspecified atom stereocenters. The summed E-state index contributed by atoms with van der Waals surface area (Å²) in [5.74, 6) is -1.36. The van der Waals surface area contributed by atoms with Crippen molar-refractivity contribution < 1.29 is 14.7 Å². The quantitative estimate of drug-likeness (QED) is 0.706. The Kier molecular flexibility index (Phi) is 6.11. The molecule has 0 fully saturated rings. The van der Waals surface area contributed by atoms with Crippen molar-refractivity contribution in [2.24, 2.45) is 11.7 Å². The molecule has 4 N–H and O–H groups in total. The molecule has 0 aliphatic rings. The number of rotatable bonds is 7. The first-order valence-electron chi connectivity index (χ1n) is 6.65. The first-order valence-corrected chi connectivity index (χ1v) is 6.65. The summed E-state index contributed by atoms with van der Waals surface area (Å²) in [6.07, 6.45) is 5.19. The van der Waals surface area contributed by atoms with E-state index in [2.05, 4.69) is 10.3 Å². The van der Waals surface area contributed by atoms with E-state index >= 15 is 0 Å². The van der Waals surface area contributed by atoms with Crippen LogP contribution in [0.15, 0.2) is 18.5 Å². The lowest BCUT2D eigenvalue weighted by atomic mass is 10.0. The van der Waals surface area contributed by atoms with Gasteiger partial charge in [0, 0.05) is 18.2 Å². The summed E-state index contributed by atoms with van der Waals surface area (Å²) in [7, 11) is 0. The van der Waals surface area contributed by atoms with Gasteiger partial charge in [-0.1, -0.05) is 13.3 Å². The molecule has 1 aromatic rings. The number of pyridine rings is 1. The Morgan fingerprint density at radius 3 is 2.65 bits per heavy atom. The molecule has 6 nitrogen and oxygen atoms in total. The number of carboxylic acid groups (broad SMARTS) is 1. The van der Waals surface area contributed by atoms with Crippen LogP contribution in [0.25, 0.3) is 0 Å². The molecule has 1 aromatic heterocycles. The van der Waals surface area contributed by atoms with Gasteiger partial charge in [0.1, 0.15) is 0 Å². The molecule has 0 radical (unpaired) electrons. The number of carbonyl (C=O) groups excluding carboxylic acids is 1. The third-order valence-electron chi connectivity index (χ3n) is 3.00. The highest BCUT2D eigenvalue weighted by Crippen LogP contribution is 2.14. The van der Waals surface area contributed by atoms with Crippen LogP contribution < -0.4 is 11.1 Å². The van der Waals surface area contributed by atoms with E-state index in [1.54, 1.807) is 0 Å². The van der Waals surface area contributed by atoms with Crippen LogP contribution in [0.5, 0.6) is 0 Å². The highest BCUT2D eigenvalue weighted by atomic mass is 16.4. The fourth-order valence-corrected chi connectivity index (χ4v) is 1.77. The van der Waals surface area contributed by atoms with Crippen LogP contribution in [-0.2, 0) is 4.79 Å². The fourth-order valence-electron chi connectivity index (χ4n) is 1.77. The van der Waals surface area contributed by atoms with Crippen LogP contribution in [0.2, 0.25) is 0 Å². The minimum atomic E-state index is -1.07. The molecule has 0 spiro atoms. The molecule has 1 heterocycles. The lowest BCUT2D eigenvalue weighted by molar-refractivity contribution is -0.119. The second-order valence-electron chi connectivity index (χ2n) is 5.07. The van der Waals surface area contributed by atoms with Gasteiger partial charge in [-0.05, 0) is 25.8 Å². The van der Waals surface area contributed by atoms with E-state index in [4.69, 9.17) is 10.8 Å². The number of hydrogen-bond donors (Lipinski definition) is 3. The Labute approximate surface area is 118 Å². The zero-order valence-corrected chi connectivity index (χ0v) is 11.8. The lowest BCUT2D eigenvalue weighted by Gasteiger charge is -2.13. The van der Waals surface area contributed by atoms with Gasteiger partial charge in [-0.3, -0.25) is 9.78 Å². The van der Waals surface area contributed by atoms with Gasteiger partial charge in [-0.15, -0.1) is 0 Å². The first kappa shape index (κ1) is 16.1. The van der Waals surface area contributed by atoms with Gasteiger partial charge >= 0.3 is 5.97 Å². The monoisotopic (exact) mass is 279 g/mol. The van der Waals surface area contributed by atoms with E-state index in [9.17, 15) is 9.59 Å². The van der Waals surface area contributed by atoms with E-state index in [0.717, 1.165) is 19.3 Å². The van der Waals surface area contributed by atoms with E-state index in [1.165, 1.54) is 18.5 Å². The van der Waals surface area contributed by atoms with Crippen LogP contribution in [-0.4, -0.2) is 28.0 Å². The number of hydrogen-bond acceptors (Lipinski definition) is 4. The molecule has 0 bridgehead atoms. The van der Waals surface area contributed by atoms with Crippen molar-refractivity contribution >= 4 is 17.6 Å². The van der Waals surface area contributed by atoms with Gasteiger partial charge < -0.3 is 16.2 Å². The minimum absolute atomic E-state index is 0.0485. The Bertz CT molecular complexity index is 474. The summed E-state index contributed by atoms with van der Waals surface area (Å²) in [6, 6.07) is 1.53. The maximum absolute atomic E-state index is 12.0. The van der Waals surface area contributed by atoms with Crippen LogP contribution in [0.1, 0.15) is 43.5 Å². The average molecular weight is 279 g/mol. The number of carboxylic acids is 1. The number of aromatic nitrogens is 1. The zero-order chi connectivity index (χ0) is 15.1. The highest BCUT2D eigenvalue weighted by Gasteiger charge is 2.14. The molecule has 0 aliphatic heterocycles. The molecule has 2 atom stereocenters. The summed E-state index contributed by atoms with van der Waals surface area (Å²) in [5, 5.41) is 11.5. The van der Waals surface area contributed by atoms with Gasteiger partial charge in [0.2, 0.25) is 5.91 Å². The standard InChI is InChI=1S/C14H21N3O3/c1-9(4-3-5-10(2)15)13(18)17-12-6-11(14(19)20)7-16-8-12/h6-10H,3-5,15H2,1-2H3,(H,17,18)(H,19,20). The largest absolute Gasteiger partial charge is 0.478 e. The van der Waals surface area contributed by atoms with E-state index in [-0.39, 0.29) is 23.4 Å². The molecular weight excluding hydrogens is 258 g/mol. The molecule has 110 valence electrons. The molecule has 0 saturated carbocycles. The SMILES string of the molecule is CC(N)CCCC(C)C(=O)Nc1cncc(C(=O)O)c1. The first-order chi connectivity index (χ1) is 9.40. The number of nitrogens with one attached hydrogen (secondary N) is 1. The number of carbonyl (C=O) groups is 2. The molecule has 0 aromatic carbocycles. The molecular formula is C14H21N3O3. The number of amides is 1. The van der Waals surface area contributed by atoms with Crippen LogP contribution >= 0.6 is 0 Å². The highest BCUT2D eigenvalue weighted by molar-refractivity contribution is 5.94. The van der Waals surface area contributed by atoms with Crippen LogP contribution in [0.3, 0.4) is 0 Å². The van der Waals surface area contributed by atoms with Crippen molar-refractivity contribution in [3.63, 3.8) is 0 Å². The Hall–Kier alpha value is -1.95. The number of anilines is 1. The number of nitrogens with zero attached hydrogens (tertiary/aromatic N) is 1. The molecule has 1 rings (SSSR count). The summed E-state index contributed by atoms with van der Waals surface area (Å²) in [6.45, 7) is 3.78. The van der Waals surface area contributed by atoms with Crippen LogP contribution in [0, 0.1) is 5.92 Å². The molecule has 0 aliphatic carbocycles. The average Bonchev–Trinajstić information content (AvgIpc) is 2.38. The fraction of sp³-hybridized carbons (Fsp3) is 0.500. The Balaban J connectivity index is 2.52. The van der Waals surface area contributed by atoms with E-state index in [0.29, 0.717) is 5.69 Å². The topological polar surface area (TPSA) is 105 Å². The second-order valence-corrected chi connectivity index (χ2v) is 5.07. The maximum Gasteiger partial charge on any atom is 0.337 e. The molecule has 1 amide bonds. The van der Waals surface area contributed by atoms with Crippen molar-refractivity contribution in [2.45, 2.75) is 39.2 Å². The molecule has 6 heteroatoms. The van der Waals surface area contributed by atoms with Crippen molar-refractivity contribution in [3.8, 4) is 0 Å². The second kappa shape index (κ2) is 7.59. The predicted octanol–water partition coefficient (Wildman–Crippen LogP) is 1.87. The summed E-state index contributed by atoms with van der Waals surface area (Å²) >= 11 is 0. The lowest BCUT2D eigenvalue weighted by Crippen LogP contribution is -2.21. The van der Waals surface area contributed by atoms with E-state index < -0.39 is 5.97 Å². The van der Waals surface area contributed by atoms with Gasteiger partial charge in [-0.25, -0.2) is 4.79 Å². The van der Waals surface area contributed by atoms with E-state index in [1.807, 2.05) is 13.8 Å². The molecule has 20 heavy (non-hydrogen) atoms. The smallest absolute Gasteiger partial charge is 0.337 e. The van der Waals surface area contributed by atoms with Gasteiger partial charge in [0.05, 0.1) is 17.4 Å². The normalized spacial score (nSPS) is 13.6. The van der Waals surface area contributed by atoms with Crippen LogP contribution in [0.4, 0.5) is 5.69 Å².